The Morgan fingerprint density at radius 2 is 1.67 bits per heavy atom. The van der Waals surface area contributed by atoms with E-state index in [2.05, 4.69) is 60.8 Å². The number of nitrogens with one attached hydrogen (secondary N) is 1. The molecule has 0 heterocycles. The second-order valence-electron chi connectivity index (χ2n) is 5.87. The first-order valence-corrected chi connectivity index (χ1v) is 7.71. The zero-order valence-electron chi connectivity index (χ0n) is 12.8. The van der Waals surface area contributed by atoms with E-state index in [0.29, 0.717) is 12.5 Å². The Morgan fingerprint density at radius 1 is 1.00 bits per heavy atom. The molecule has 0 radical (unpaired) electrons. The fourth-order valence-corrected chi connectivity index (χ4v) is 3.34. The van der Waals surface area contributed by atoms with Crippen LogP contribution >= 0.6 is 0 Å². The standard InChI is InChI=1S/C19H23NO/c1-14-12-18(21-13-15-8-4-3-5-9-15)19(20-2)17-11-7-6-10-16(14)17/h3-11,14,18-20H,12-13H2,1-2H3. The van der Waals surface area contributed by atoms with E-state index in [9.17, 15) is 0 Å². The SMILES string of the molecule is CNC1c2ccccc2C(C)CC1OCc1ccccc1. The van der Waals surface area contributed by atoms with Crippen molar-refractivity contribution in [1.82, 2.24) is 5.32 Å². The Kier molecular flexibility index (Phi) is 4.37. The summed E-state index contributed by atoms with van der Waals surface area (Å²) in [4.78, 5) is 0. The molecule has 1 aliphatic carbocycles. The topological polar surface area (TPSA) is 21.3 Å². The molecule has 1 N–H and O–H groups in total. The lowest BCUT2D eigenvalue weighted by Crippen LogP contribution is -2.37. The summed E-state index contributed by atoms with van der Waals surface area (Å²) in [6.45, 7) is 2.97. The molecule has 2 aromatic rings. The van der Waals surface area contributed by atoms with Crippen molar-refractivity contribution in [3.05, 3.63) is 71.3 Å². The van der Waals surface area contributed by atoms with Gasteiger partial charge >= 0.3 is 0 Å². The number of ether oxygens (including phenoxy) is 1. The summed E-state index contributed by atoms with van der Waals surface area (Å²) in [6, 6.07) is 19.4. The van der Waals surface area contributed by atoms with E-state index in [4.69, 9.17) is 4.74 Å². The Balaban J connectivity index is 1.77. The number of likely N-dealkylation sites (N-methyl/N-ethyl adjacent to an activating group) is 1. The Hall–Kier alpha value is -1.64. The maximum absolute atomic E-state index is 6.24. The summed E-state index contributed by atoms with van der Waals surface area (Å²) in [5.74, 6) is 0.548. The highest BCUT2D eigenvalue weighted by Gasteiger charge is 2.32. The second kappa shape index (κ2) is 6.42. The van der Waals surface area contributed by atoms with Crippen LogP contribution in [0.25, 0.3) is 0 Å². The minimum atomic E-state index is 0.222. The van der Waals surface area contributed by atoms with E-state index in [1.165, 1.54) is 16.7 Å². The summed E-state index contributed by atoms with van der Waals surface area (Å²) >= 11 is 0. The summed E-state index contributed by atoms with van der Waals surface area (Å²) in [6.07, 6.45) is 1.29. The quantitative estimate of drug-likeness (QED) is 0.913. The van der Waals surface area contributed by atoms with Crippen molar-refractivity contribution in [2.45, 2.75) is 38.0 Å². The zero-order valence-corrected chi connectivity index (χ0v) is 12.8. The van der Waals surface area contributed by atoms with Gasteiger partial charge in [0.05, 0.1) is 18.8 Å². The van der Waals surface area contributed by atoms with Gasteiger partial charge in [0.1, 0.15) is 0 Å². The van der Waals surface area contributed by atoms with Crippen LogP contribution < -0.4 is 5.32 Å². The molecule has 2 heteroatoms. The largest absolute Gasteiger partial charge is 0.372 e. The molecule has 1 aliphatic rings. The molecule has 3 unspecified atom stereocenters. The first-order chi connectivity index (χ1) is 10.3. The predicted molar refractivity (Wildman–Crippen MR) is 86.3 cm³/mol. The highest BCUT2D eigenvalue weighted by Crippen LogP contribution is 2.38. The molecule has 0 saturated carbocycles. The maximum Gasteiger partial charge on any atom is 0.0780 e. The summed E-state index contributed by atoms with van der Waals surface area (Å²) < 4.78 is 6.24. The lowest BCUT2D eigenvalue weighted by Gasteiger charge is -2.36. The third-order valence-electron chi connectivity index (χ3n) is 4.44. The molecule has 3 atom stereocenters. The van der Waals surface area contributed by atoms with Gasteiger partial charge in [0.15, 0.2) is 0 Å². The molecular formula is C19H23NO. The average Bonchev–Trinajstić information content (AvgIpc) is 2.54. The minimum absolute atomic E-state index is 0.222. The highest BCUT2D eigenvalue weighted by atomic mass is 16.5. The monoisotopic (exact) mass is 281 g/mol. The van der Waals surface area contributed by atoms with Crippen LogP contribution in [-0.2, 0) is 11.3 Å². The molecule has 0 saturated heterocycles. The molecule has 0 bridgehead atoms. The summed E-state index contributed by atoms with van der Waals surface area (Å²) in [5, 5.41) is 3.44. The van der Waals surface area contributed by atoms with E-state index in [1.54, 1.807) is 0 Å². The van der Waals surface area contributed by atoms with Crippen molar-refractivity contribution in [3.63, 3.8) is 0 Å². The van der Waals surface area contributed by atoms with Crippen molar-refractivity contribution < 1.29 is 4.74 Å². The van der Waals surface area contributed by atoms with Gasteiger partial charge in [0.2, 0.25) is 0 Å². The van der Waals surface area contributed by atoms with Gasteiger partial charge in [0.25, 0.3) is 0 Å². The van der Waals surface area contributed by atoms with Crippen LogP contribution in [-0.4, -0.2) is 13.2 Å². The lowest BCUT2D eigenvalue weighted by molar-refractivity contribution is 0.00147. The number of benzene rings is 2. The molecule has 0 fully saturated rings. The van der Waals surface area contributed by atoms with Crippen molar-refractivity contribution >= 4 is 0 Å². The molecule has 0 aromatic heterocycles. The molecule has 3 rings (SSSR count). The average molecular weight is 281 g/mol. The minimum Gasteiger partial charge on any atom is -0.372 e. The van der Waals surface area contributed by atoms with E-state index >= 15 is 0 Å². The number of hydrogen-bond acceptors (Lipinski definition) is 2. The lowest BCUT2D eigenvalue weighted by atomic mass is 9.79. The van der Waals surface area contributed by atoms with Crippen molar-refractivity contribution in [2.75, 3.05) is 7.05 Å². The first kappa shape index (κ1) is 14.3. The van der Waals surface area contributed by atoms with Crippen LogP contribution in [0.2, 0.25) is 0 Å². The van der Waals surface area contributed by atoms with Gasteiger partial charge in [-0.25, -0.2) is 0 Å². The predicted octanol–water partition coefficient (Wildman–Crippen LogP) is 4.04. The molecule has 2 aromatic carbocycles. The van der Waals surface area contributed by atoms with Crippen LogP contribution in [0.5, 0.6) is 0 Å². The Bertz CT molecular complexity index is 581. The highest BCUT2D eigenvalue weighted by molar-refractivity contribution is 5.36. The Morgan fingerprint density at radius 3 is 2.38 bits per heavy atom. The molecule has 0 spiro atoms. The van der Waals surface area contributed by atoms with E-state index in [0.717, 1.165) is 6.42 Å². The van der Waals surface area contributed by atoms with Crippen molar-refractivity contribution in [2.24, 2.45) is 0 Å². The first-order valence-electron chi connectivity index (χ1n) is 7.71. The van der Waals surface area contributed by atoms with Gasteiger partial charge in [-0.2, -0.15) is 0 Å². The number of rotatable bonds is 4. The van der Waals surface area contributed by atoms with Gasteiger partial charge < -0.3 is 10.1 Å². The summed E-state index contributed by atoms with van der Waals surface area (Å²) in [5.41, 5.74) is 4.08. The number of fused-ring (bicyclic) bond motifs is 1. The van der Waals surface area contributed by atoms with Gasteiger partial charge in [-0.3, -0.25) is 0 Å². The fraction of sp³-hybridized carbons (Fsp3) is 0.368. The molecular weight excluding hydrogens is 258 g/mol. The third kappa shape index (κ3) is 3.02. The van der Waals surface area contributed by atoms with Crippen molar-refractivity contribution in [3.8, 4) is 0 Å². The number of hydrogen-bond donors (Lipinski definition) is 1. The maximum atomic E-state index is 6.24. The molecule has 110 valence electrons. The van der Waals surface area contributed by atoms with Gasteiger partial charge in [-0.1, -0.05) is 61.5 Å². The van der Waals surface area contributed by atoms with Gasteiger partial charge in [0, 0.05) is 0 Å². The fourth-order valence-electron chi connectivity index (χ4n) is 3.34. The van der Waals surface area contributed by atoms with Crippen LogP contribution in [0.3, 0.4) is 0 Å². The van der Waals surface area contributed by atoms with Gasteiger partial charge in [-0.05, 0) is 36.1 Å². The van der Waals surface area contributed by atoms with Crippen LogP contribution in [0.4, 0.5) is 0 Å². The van der Waals surface area contributed by atoms with E-state index < -0.39 is 0 Å². The molecule has 21 heavy (non-hydrogen) atoms. The van der Waals surface area contributed by atoms with E-state index in [-0.39, 0.29) is 12.1 Å². The van der Waals surface area contributed by atoms with Crippen molar-refractivity contribution in [1.29, 1.82) is 0 Å². The Labute approximate surface area is 127 Å². The smallest absolute Gasteiger partial charge is 0.0780 e. The summed E-state index contributed by atoms with van der Waals surface area (Å²) in [7, 11) is 2.02. The van der Waals surface area contributed by atoms with Gasteiger partial charge in [-0.15, -0.1) is 0 Å². The normalized spacial score (nSPS) is 24.6. The zero-order chi connectivity index (χ0) is 14.7. The molecule has 0 amide bonds. The third-order valence-corrected chi connectivity index (χ3v) is 4.44. The van der Waals surface area contributed by atoms with E-state index in [1.807, 2.05) is 13.1 Å². The molecule has 2 nitrogen and oxygen atoms in total. The van der Waals surface area contributed by atoms with Crippen LogP contribution in [0, 0.1) is 0 Å². The van der Waals surface area contributed by atoms with Crippen LogP contribution in [0.1, 0.15) is 42.0 Å². The van der Waals surface area contributed by atoms with Crippen LogP contribution in [0.15, 0.2) is 54.6 Å². The second-order valence-corrected chi connectivity index (χ2v) is 5.87. The molecule has 0 aliphatic heterocycles.